The first kappa shape index (κ1) is 15.5. The minimum absolute atomic E-state index is 0.00684. The fraction of sp³-hybridized carbons (Fsp3) is 0.529. The van der Waals surface area contributed by atoms with Gasteiger partial charge in [-0.2, -0.15) is 0 Å². The van der Waals surface area contributed by atoms with Gasteiger partial charge in [0.15, 0.2) is 0 Å². The summed E-state index contributed by atoms with van der Waals surface area (Å²) < 4.78 is 5.34. The zero-order chi connectivity index (χ0) is 15.6. The minimum Gasteiger partial charge on any atom is -0.457 e. The number of aliphatic imine (C=N–C) groups is 1. The van der Waals surface area contributed by atoms with Crippen molar-refractivity contribution in [3.8, 4) is 0 Å². The van der Waals surface area contributed by atoms with Crippen molar-refractivity contribution in [2.75, 3.05) is 11.4 Å². The Labute approximate surface area is 126 Å². The third-order valence-electron chi connectivity index (χ3n) is 3.48. The molecule has 0 saturated heterocycles. The van der Waals surface area contributed by atoms with Crippen LogP contribution in [0.15, 0.2) is 35.3 Å². The van der Waals surface area contributed by atoms with Gasteiger partial charge in [-0.1, -0.05) is 39.0 Å². The molecule has 0 N–H and O–H groups in total. The summed E-state index contributed by atoms with van der Waals surface area (Å²) in [5.74, 6) is 0.0652. The highest BCUT2D eigenvalue weighted by Gasteiger charge is 2.37. The Morgan fingerprint density at radius 2 is 1.90 bits per heavy atom. The summed E-state index contributed by atoms with van der Waals surface area (Å²) in [7, 11) is 0. The molecule has 0 saturated carbocycles. The molecule has 1 atom stereocenters. The molecule has 0 aliphatic carbocycles. The average molecular weight is 288 g/mol. The van der Waals surface area contributed by atoms with E-state index >= 15 is 0 Å². The van der Waals surface area contributed by atoms with Gasteiger partial charge in [0.1, 0.15) is 0 Å². The highest BCUT2D eigenvalue weighted by atomic mass is 16.5. The van der Waals surface area contributed by atoms with Crippen molar-refractivity contribution in [3.05, 3.63) is 30.3 Å². The number of rotatable bonds is 3. The van der Waals surface area contributed by atoms with Crippen LogP contribution < -0.4 is 4.90 Å². The van der Waals surface area contributed by atoms with Crippen LogP contribution in [0, 0.1) is 5.41 Å². The van der Waals surface area contributed by atoms with Crippen LogP contribution in [0.1, 0.15) is 34.6 Å². The summed E-state index contributed by atoms with van der Waals surface area (Å²) in [6.07, 6.45) is -0.147. The number of nitrogens with zero attached hydrogens (tertiary/aromatic N) is 2. The molecule has 0 bridgehead atoms. The SMILES string of the molecule is CC(C)OC(=O)C1=N[C@@H](C(C)(C)C)CN1c1ccccc1. The van der Waals surface area contributed by atoms with Crippen molar-refractivity contribution >= 4 is 17.5 Å². The third-order valence-corrected chi connectivity index (χ3v) is 3.48. The maximum atomic E-state index is 12.3. The Hall–Kier alpha value is -1.84. The second-order valence-corrected chi connectivity index (χ2v) is 6.73. The maximum absolute atomic E-state index is 12.3. The normalized spacial score (nSPS) is 18.9. The number of para-hydroxylation sites is 1. The molecule has 21 heavy (non-hydrogen) atoms. The summed E-state index contributed by atoms with van der Waals surface area (Å²) in [5.41, 5.74) is 0.982. The Balaban J connectivity index is 2.31. The topological polar surface area (TPSA) is 41.9 Å². The number of benzene rings is 1. The van der Waals surface area contributed by atoms with E-state index in [0.717, 1.165) is 5.69 Å². The van der Waals surface area contributed by atoms with Crippen molar-refractivity contribution in [1.82, 2.24) is 0 Å². The van der Waals surface area contributed by atoms with Crippen LogP contribution in [-0.2, 0) is 9.53 Å². The predicted octanol–water partition coefficient (Wildman–Crippen LogP) is 3.27. The molecule has 0 fully saturated rings. The van der Waals surface area contributed by atoms with Crippen molar-refractivity contribution < 1.29 is 9.53 Å². The molecule has 1 aliphatic heterocycles. The molecule has 2 rings (SSSR count). The number of esters is 1. The molecule has 0 radical (unpaired) electrons. The molecule has 1 aliphatic rings. The molecule has 1 heterocycles. The second-order valence-electron chi connectivity index (χ2n) is 6.73. The number of amidine groups is 1. The van der Waals surface area contributed by atoms with Crippen LogP contribution >= 0.6 is 0 Å². The van der Waals surface area contributed by atoms with Gasteiger partial charge < -0.3 is 9.64 Å². The third kappa shape index (κ3) is 3.63. The fourth-order valence-electron chi connectivity index (χ4n) is 2.25. The van der Waals surface area contributed by atoms with E-state index in [1.54, 1.807) is 0 Å². The lowest BCUT2D eigenvalue weighted by Crippen LogP contribution is -2.37. The molecule has 1 aromatic rings. The van der Waals surface area contributed by atoms with Crippen LogP contribution in [-0.4, -0.2) is 30.5 Å². The zero-order valence-corrected chi connectivity index (χ0v) is 13.5. The Morgan fingerprint density at radius 3 is 2.43 bits per heavy atom. The summed E-state index contributed by atoms with van der Waals surface area (Å²) in [4.78, 5) is 18.9. The average Bonchev–Trinajstić information content (AvgIpc) is 2.84. The van der Waals surface area contributed by atoms with Crippen molar-refractivity contribution in [1.29, 1.82) is 0 Å². The smallest absolute Gasteiger partial charge is 0.374 e. The summed E-state index contributed by atoms with van der Waals surface area (Å²) >= 11 is 0. The van der Waals surface area contributed by atoms with Gasteiger partial charge in [-0.25, -0.2) is 4.79 Å². The predicted molar refractivity (Wildman–Crippen MR) is 85.7 cm³/mol. The van der Waals surface area contributed by atoms with Crippen molar-refractivity contribution in [3.63, 3.8) is 0 Å². The van der Waals surface area contributed by atoms with Crippen molar-refractivity contribution in [2.45, 2.75) is 46.8 Å². The molecule has 0 unspecified atom stereocenters. The Morgan fingerprint density at radius 1 is 1.29 bits per heavy atom. The Kier molecular flexibility index (Phi) is 4.35. The number of carbonyl (C=O) groups excluding carboxylic acids is 1. The first-order valence-corrected chi connectivity index (χ1v) is 7.40. The van der Waals surface area contributed by atoms with Gasteiger partial charge >= 0.3 is 5.97 Å². The molecule has 0 aromatic heterocycles. The fourth-order valence-corrected chi connectivity index (χ4v) is 2.25. The molecule has 4 nitrogen and oxygen atoms in total. The lowest BCUT2D eigenvalue weighted by atomic mass is 9.87. The number of anilines is 1. The molecular formula is C17H24N2O2. The highest BCUT2D eigenvalue weighted by molar-refractivity contribution is 6.41. The summed E-state index contributed by atoms with van der Waals surface area (Å²) in [5, 5.41) is 0. The van der Waals surface area contributed by atoms with E-state index in [-0.39, 0.29) is 23.5 Å². The summed E-state index contributed by atoms with van der Waals surface area (Å²) in [6.45, 7) is 10.8. The summed E-state index contributed by atoms with van der Waals surface area (Å²) in [6, 6.07) is 9.94. The highest BCUT2D eigenvalue weighted by Crippen LogP contribution is 2.30. The van der Waals surface area contributed by atoms with Gasteiger partial charge in [-0.15, -0.1) is 0 Å². The van der Waals surface area contributed by atoms with E-state index in [0.29, 0.717) is 12.4 Å². The van der Waals surface area contributed by atoms with E-state index in [1.165, 1.54) is 0 Å². The van der Waals surface area contributed by atoms with Crippen LogP contribution in [0.3, 0.4) is 0 Å². The minimum atomic E-state index is -0.347. The number of hydrogen-bond acceptors (Lipinski definition) is 4. The first-order valence-electron chi connectivity index (χ1n) is 7.40. The lowest BCUT2D eigenvalue weighted by molar-refractivity contribution is -0.139. The van der Waals surface area contributed by atoms with Crippen LogP contribution in [0.4, 0.5) is 5.69 Å². The first-order chi connectivity index (χ1) is 9.79. The quantitative estimate of drug-likeness (QED) is 0.802. The lowest BCUT2D eigenvalue weighted by Gasteiger charge is -2.26. The van der Waals surface area contributed by atoms with E-state index in [4.69, 9.17) is 4.74 Å². The van der Waals surface area contributed by atoms with Gasteiger partial charge in [0.2, 0.25) is 5.84 Å². The molecular weight excluding hydrogens is 264 g/mol. The number of hydrogen-bond donors (Lipinski definition) is 0. The van der Waals surface area contributed by atoms with Gasteiger partial charge in [0, 0.05) is 12.2 Å². The molecule has 1 aromatic carbocycles. The standard InChI is InChI=1S/C17H24N2O2/c1-12(2)21-16(20)15-18-14(17(3,4)5)11-19(15)13-9-7-6-8-10-13/h6-10,12,14H,11H2,1-5H3/t14-/m1/s1. The number of carbonyl (C=O) groups is 1. The van der Waals surface area contributed by atoms with Crippen LogP contribution in [0.2, 0.25) is 0 Å². The molecule has 4 heteroatoms. The molecule has 0 spiro atoms. The van der Waals surface area contributed by atoms with Gasteiger partial charge in [-0.05, 0) is 31.4 Å². The zero-order valence-electron chi connectivity index (χ0n) is 13.5. The van der Waals surface area contributed by atoms with Crippen LogP contribution in [0.5, 0.6) is 0 Å². The molecule has 0 amide bonds. The second kappa shape index (κ2) is 5.88. The van der Waals surface area contributed by atoms with E-state index in [9.17, 15) is 4.79 Å². The Bertz CT molecular complexity index is 529. The van der Waals surface area contributed by atoms with E-state index in [1.807, 2.05) is 49.1 Å². The van der Waals surface area contributed by atoms with Crippen LogP contribution in [0.25, 0.3) is 0 Å². The largest absolute Gasteiger partial charge is 0.457 e. The maximum Gasteiger partial charge on any atom is 0.374 e. The van der Waals surface area contributed by atoms with E-state index < -0.39 is 0 Å². The van der Waals surface area contributed by atoms with Gasteiger partial charge in [0.25, 0.3) is 0 Å². The van der Waals surface area contributed by atoms with Gasteiger partial charge in [-0.3, -0.25) is 4.99 Å². The molecule has 114 valence electrons. The number of ether oxygens (including phenoxy) is 1. The van der Waals surface area contributed by atoms with Crippen molar-refractivity contribution in [2.24, 2.45) is 10.4 Å². The monoisotopic (exact) mass is 288 g/mol. The van der Waals surface area contributed by atoms with E-state index in [2.05, 4.69) is 25.8 Å². The van der Waals surface area contributed by atoms with Gasteiger partial charge in [0.05, 0.1) is 12.1 Å².